The van der Waals surface area contributed by atoms with Crippen molar-refractivity contribution in [3.05, 3.63) is 42.3 Å². The molecule has 0 bridgehead atoms. The molecule has 0 atom stereocenters. The Morgan fingerprint density at radius 2 is 2.07 bits per heavy atom. The average molecular weight is 379 g/mol. The minimum Gasteiger partial charge on any atom is -0.378 e. The molecule has 1 N–H and O–H groups in total. The number of carbonyl (C=O) groups excluding carboxylic acids is 1. The molecule has 1 amide bonds. The Labute approximate surface area is 162 Å². The van der Waals surface area contributed by atoms with E-state index in [2.05, 4.69) is 15.4 Å². The van der Waals surface area contributed by atoms with Crippen molar-refractivity contribution >= 4 is 30.7 Å². The number of benzene rings is 1. The number of ether oxygens (including phenoxy) is 1. The maximum absolute atomic E-state index is 14.2. The van der Waals surface area contributed by atoms with Crippen LogP contribution >= 0.6 is 0 Å². The number of nitrogens with one attached hydrogen (secondary N) is 1. The summed E-state index contributed by atoms with van der Waals surface area (Å²) in [4.78, 5) is 18.6. The van der Waals surface area contributed by atoms with E-state index in [4.69, 9.17) is 12.6 Å². The van der Waals surface area contributed by atoms with Crippen LogP contribution in [-0.4, -0.2) is 66.1 Å². The van der Waals surface area contributed by atoms with Gasteiger partial charge in [-0.05, 0) is 17.6 Å². The highest BCUT2D eigenvalue weighted by Crippen LogP contribution is 2.24. The summed E-state index contributed by atoms with van der Waals surface area (Å²) in [5, 5.41) is 7.43. The Kier molecular flexibility index (Phi) is 5.25. The number of nitrogens with zero attached hydrogens (tertiary/aromatic N) is 4. The number of hydrogen-bond donors (Lipinski definition) is 1. The number of anilines is 1. The molecule has 0 aliphatic carbocycles. The van der Waals surface area contributed by atoms with E-state index in [0.29, 0.717) is 67.5 Å². The SMILES string of the molecule is [B]c1cnn2c(NCCC(=O)N3CCOCC3)cc(-c3ccccc3F)nc12. The molecule has 28 heavy (non-hydrogen) atoms. The third-order valence-electron chi connectivity index (χ3n) is 4.66. The lowest BCUT2D eigenvalue weighted by Gasteiger charge is -2.26. The molecule has 1 aromatic carbocycles. The second-order valence-electron chi connectivity index (χ2n) is 6.51. The van der Waals surface area contributed by atoms with E-state index in [0.717, 1.165) is 0 Å². The van der Waals surface area contributed by atoms with E-state index in [1.54, 1.807) is 33.7 Å². The van der Waals surface area contributed by atoms with Crippen LogP contribution in [0.3, 0.4) is 0 Å². The van der Waals surface area contributed by atoms with E-state index in [1.165, 1.54) is 12.3 Å². The van der Waals surface area contributed by atoms with Gasteiger partial charge < -0.3 is 15.0 Å². The number of halogens is 1. The lowest BCUT2D eigenvalue weighted by molar-refractivity contribution is -0.134. The molecule has 3 aromatic rings. The summed E-state index contributed by atoms with van der Waals surface area (Å²) in [6.07, 6.45) is 1.83. The minimum absolute atomic E-state index is 0.0652. The number of aromatic nitrogens is 3. The largest absolute Gasteiger partial charge is 0.378 e. The minimum atomic E-state index is -0.370. The van der Waals surface area contributed by atoms with E-state index < -0.39 is 0 Å². The van der Waals surface area contributed by atoms with Crippen LogP contribution in [0.1, 0.15) is 6.42 Å². The first-order valence-electron chi connectivity index (χ1n) is 9.12. The Hall–Kier alpha value is -2.94. The van der Waals surface area contributed by atoms with E-state index in [1.807, 2.05) is 0 Å². The van der Waals surface area contributed by atoms with Gasteiger partial charge in [-0.15, -0.1) is 0 Å². The van der Waals surface area contributed by atoms with E-state index in [9.17, 15) is 9.18 Å². The topological polar surface area (TPSA) is 71.8 Å². The smallest absolute Gasteiger partial charge is 0.224 e. The Bertz CT molecular complexity index is 1000. The van der Waals surface area contributed by atoms with Gasteiger partial charge in [0.05, 0.1) is 18.9 Å². The Balaban J connectivity index is 1.56. The van der Waals surface area contributed by atoms with Crippen molar-refractivity contribution in [2.24, 2.45) is 0 Å². The van der Waals surface area contributed by atoms with Crippen molar-refractivity contribution < 1.29 is 13.9 Å². The molecule has 0 unspecified atom stereocenters. The first-order chi connectivity index (χ1) is 13.6. The molecule has 2 radical (unpaired) electrons. The number of carbonyl (C=O) groups is 1. The van der Waals surface area contributed by atoms with Crippen LogP contribution in [0.25, 0.3) is 16.9 Å². The fourth-order valence-corrected chi connectivity index (χ4v) is 3.18. The highest BCUT2D eigenvalue weighted by Gasteiger charge is 2.17. The van der Waals surface area contributed by atoms with Gasteiger partial charge in [0, 0.05) is 43.9 Å². The van der Waals surface area contributed by atoms with Gasteiger partial charge in [0.1, 0.15) is 19.5 Å². The van der Waals surface area contributed by atoms with Crippen LogP contribution in [0.15, 0.2) is 36.5 Å². The predicted molar refractivity (Wildman–Crippen MR) is 104 cm³/mol. The van der Waals surface area contributed by atoms with Gasteiger partial charge in [0.25, 0.3) is 0 Å². The van der Waals surface area contributed by atoms with Gasteiger partial charge in [0.2, 0.25) is 5.91 Å². The number of amides is 1. The lowest BCUT2D eigenvalue weighted by Crippen LogP contribution is -2.41. The van der Waals surface area contributed by atoms with Gasteiger partial charge in [-0.2, -0.15) is 9.61 Å². The van der Waals surface area contributed by atoms with Gasteiger partial charge in [-0.1, -0.05) is 12.1 Å². The normalized spacial score (nSPS) is 14.4. The van der Waals surface area contributed by atoms with Crippen molar-refractivity contribution in [3.63, 3.8) is 0 Å². The van der Waals surface area contributed by atoms with Crippen LogP contribution < -0.4 is 10.8 Å². The van der Waals surface area contributed by atoms with Crippen molar-refractivity contribution in [2.75, 3.05) is 38.2 Å². The Morgan fingerprint density at radius 3 is 2.86 bits per heavy atom. The first-order valence-corrected chi connectivity index (χ1v) is 9.12. The molecule has 0 saturated carbocycles. The van der Waals surface area contributed by atoms with Crippen molar-refractivity contribution in [3.8, 4) is 11.3 Å². The third kappa shape index (κ3) is 3.70. The van der Waals surface area contributed by atoms with Gasteiger partial charge >= 0.3 is 0 Å². The fraction of sp³-hybridized carbons (Fsp3) is 0.316. The Morgan fingerprint density at radius 1 is 1.29 bits per heavy atom. The van der Waals surface area contributed by atoms with Crippen molar-refractivity contribution in [2.45, 2.75) is 6.42 Å². The van der Waals surface area contributed by atoms with E-state index >= 15 is 0 Å². The second kappa shape index (κ2) is 7.98. The molecule has 1 saturated heterocycles. The molecular weight excluding hydrogens is 360 g/mol. The van der Waals surface area contributed by atoms with Gasteiger partial charge in [-0.25, -0.2) is 9.37 Å². The van der Waals surface area contributed by atoms with Crippen LogP contribution in [0.4, 0.5) is 10.2 Å². The second-order valence-corrected chi connectivity index (χ2v) is 6.51. The standard InChI is InChI=1S/C19H19BFN5O2/c20-14-12-23-26-17(22-6-5-18(27)25-7-9-28-10-8-25)11-16(24-19(14)26)13-3-1-2-4-15(13)21/h1-4,11-12,22H,5-10H2. The molecule has 1 aliphatic heterocycles. The highest BCUT2D eigenvalue weighted by molar-refractivity contribution is 6.36. The first kappa shape index (κ1) is 18.4. The average Bonchev–Trinajstić information content (AvgIpc) is 3.10. The third-order valence-corrected chi connectivity index (χ3v) is 4.66. The molecule has 2 aromatic heterocycles. The van der Waals surface area contributed by atoms with Crippen LogP contribution in [0.2, 0.25) is 0 Å². The number of morpholine rings is 1. The number of rotatable bonds is 5. The summed E-state index contributed by atoms with van der Waals surface area (Å²) in [6, 6.07) is 8.12. The molecule has 1 aliphatic rings. The zero-order chi connectivity index (χ0) is 19.5. The summed E-state index contributed by atoms with van der Waals surface area (Å²) in [5.41, 5.74) is 1.64. The van der Waals surface area contributed by atoms with Crippen LogP contribution in [0, 0.1) is 5.82 Å². The molecule has 1 fully saturated rings. The lowest BCUT2D eigenvalue weighted by atomic mass is 10.0. The van der Waals surface area contributed by atoms with Gasteiger partial charge in [0.15, 0.2) is 5.65 Å². The maximum Gasteiger partial charge on any atom is 0.224 e. The molecule has 3 heterocycles. The van der Waals surface area contributed by atoms with Gasteiger partial charge in [-0.3, -0.25) is 4.79 Å². The highest BCUT2D eigenvalue weighted by atomic mass is 19.1. The summed E-state index contributed by atoms with van der Waals surface area (Å²) >= 11 is 0. The fourth-order valence-electron chi connectivity index (χ4n) is 3.18. The molecule has 142 valence electrons. The molecular formula is C19H19BFN5O2. The van der Waals surface area contributed by atoms with Crippen molar-refractivity contribution in [1.29, 1.82) is 0 Å². The van der Waals surface area contributed by atoms with Crippen LogP contribution in [-0.2, 0) is 9.53 Å². The predicted octanol–water partition coefficient (Wildman–Crippen LogP) is 0.990. The summed E-state index contributed by atoms with van der Waals surface area (Å²) in [5.74, 6) is 0.288. The number of fused-ring (bicyclic) bond motifs is 1. The van der Waals surface area contributed by atoms with E-state index in [-0.39, 0.29) is 11.7 Å². The zero-order valence-electron chi connectivity index (χ0n) is 15.3. The zero-order valence-corrected chi connectivity index (χ0v) is 15.3. The monoisotopic (exact) mass is 379 g/mol. The maximum atomic E-state index is 14.2. The van der Waals surface area contributed by atoms with Crippen molar-refractivity contribution in [1.82, 2.24) is 19.5 Å². The summed E-state index contributed by atoms with van der Waals surface area (Å²) in [6.45, 7) is 2.79. The molecule has 9 heteroatoms. The molecule has 4 rings (SSSR count). The number of hydrogen-bond acceptors (Lipinski definition) is 5. The summed E-state index contributed by atoms with van der Waals surface area (Å²) in [7, 11) is 5.96. The summed E-state index contributed by atoms with van der Waals surface area (Å²) < 4.78 is 21.0. The molecule has 0 spiro atoms. The van der Waals surface area contributed by atoms with Crippen LogP contribution in [0.5, 0.6) is 0 Å². The molecule has 7 nitrogen and oxygen atoms in total. The quantitative estimate of drug-likeness (QED) is 0.670.